The minimum absolute atomic E-state index is 0.0727. The van der Waals surface area contributed by atoms with Crippen LogP contribution in [0.3, 0.4) is 0 Å². The molecule has 27 heavy (non-hydrogen) atoms. The molecular weight excluding hydrogens is 346 g/mol. The van der Waals surface area contributed by atoms with Gasteiger partial charge in [0.05, 0.1) is 23.3 Å². The lowest BCUT2D eigenvalue weighted by Gasteiger charge is -2.21. The smallest absolute Gasteiger partial charge is 0.269 e. The van der Waals surface area contributed by atoms with Gasteiger partial charge in [0.1, 0.15) is 19.8 Å². The summed E-state index contributed by atoms with van der Waals surface area (Å²) in [6.07, 6.45) is 1.24. The second-order valence-corrected chi connectivity index (χ2v) is 6.36. The lowest BCUT2D eigenvalue weighted by Crippen LogP contribution is -2.34. The van der Waals surface area contributed by atoms with E-state index >= 15 is 0 Å². The first-order valence-corrected chi connectivity index (χ1v) is 8.75. The van der Waals surface area contributed by atoms with Crippen LogP contribution in [0.2, 0.25) is 0 Å². The van der Waals surface area contributed by atoms with Gasteiger partial charge in [0, 0.05) is 0 Å². The van der Waals surface area contributed by atoms with Crippen LogP contribution in [0.25, 0.3) is 11.0 Å². The summed E-state index contributed by atoms with van der Waals surface area (Å²) >= 11 is 0. The molecule has 7 heteroatoms. The van der Waals surface area contributed by atoms with E-state index < -0.39 is 0 Å². The van der Waals surface area contributed by atoms with E-state index in [1.54, 1.807) is 12.1 Å². The summed E-state index contributed by atoms with van der Waals surface area (Å²) in [6, 6.07) is 12.6. The average Bonchev–Trinajstić information content (AvgIpc) is 2.69. The van der Waals surface area contributed by atoms with Crippen molar-refractivity contribution in [3.8, 4) is 11.5 Å². The number of fused-ring (bicyclic) bond motifs is 2. The number of rotatable bonds is 4. The molecule has 1 amide bonds. The summed E-state index contributed by atoms with van der Waals surface area (Å²) in [6.45, 7) is 2.86. The molecule has 0 spiro atoms. The maximum Gasteiger partial charge on any atom is 0.269 e. The predicted molar refractivity (Wildman–Crippen MR) is 100.0 cm³/mol. The SMILES string of the molecule is CC(NC(=O)Cn1c(=O)cnc2ccccc21)c1ccc2c(c1)OCCO2. The molecular formula is C20H19N3O4. The number of nitrogens with zero attached hydrogens (tertiary/aromatic N) is 2. The van der Waals surface area contributed by atoms with Crippen LogP contribution in [0.15, 0.2) is 53.5 Å². The zero-order valence-corrected chi connectivity index (χ0v) is 14.8. The number of amides is 1. The highest BCUT2D eigenvalue weighted by Crippen LogP contribution is 2.32. The van der Waals surface area contributed by atoms with E-state index in [9.17, 15) is 9.59 Å². The lowest BCUT2D eigenvalue weighted by molar-refractivity contribution is -0.122. The largest absolute Gasteiger partial charge is 0.486 e. The fourth-order valence-corrected chi connectivity index (χ4v) is 3.12. The molecule has 0 saturated heterocycles. The highest BCUT2D eigenvalue weighted by atomic mass is 16.6. The Morgan fingerprint density at radius 2 is 1.96 bits per heavy atom. The molecule has 3 aromatic rings. The van der Waals surface area contributed by atoms with Crippen molar-refractivity contribution in [2.75, 3.05) is 13.2 Å². The normalized spacial score (nSPS) is 14.0. The van der Waals surface area contributed by atoms with Gasteiger partial charge in [0.2, 0.25) is 5.91 Å². The summed E-state index contributed by atoms with van der Waals surface area (Å²) in [5.41, 5.74) is 1.90. The zero-order valence-electron chi connectivity index (χ0n) is 14.8. The number of nitrogens with one attached hydrogen (secondary N) is 1. The summed E-state index contributed by atoms with van der Waals surface area (Å²) in [7, 11) is 0. The van der Waals surface area contributed by atoms with Crippen molar-refractivity contribution in [1.82, 2.24) is 14.9 Å². The van der Waals surface area contributed by atoms with Crippen LogP contribution < -0.4 is 20.3 Å². The first-order valence-electron chi connectivity index (χ1n) is 8.75. The molecule has 1 atom stereocenters. The molecule has 0 aliphatic carbocycles. The first-order chi connectivity index (χ1) is 13.1. The van der Waals surface area contributed by atoms with E-state index in [-0.39, 0.29) is 24.1 Å². The monoisotopic (exact) mass is 365 g/mol. The third-order valence-electron chi connectivity index (χ3n) is 4.50. The minimum atomic E-state index is -0.309. The van der Waals surface area contributed by atoms with Gasteiger partial charge in [-0.15, -0.1) is 0 Å². The number of hydrogen-bond donors (Lipinski definition) is 1. The number of benzene rings is 2. The second kappa shape index (κ2) is 7.11. The van der Waals surface area contributed by atoms with Gasteiger partial charge in [-0.1, -0.05) is 18.2 Å². The Balaban J connectivity index is 1.51. The van der Waals surface area contributed by atoms with Crippen LogP contribution in [0, 0.1) is 0 Å². The maximum absolute atomic E-state index is 12.5. The van der Waals surface area contributed by atoms with Crippen molar-refractivity contribution < 1.29 is 14.3 Å². The summed E-state index contributed by atoms with van der Waals surface area (Å²) in [5.74, 6) is 1.13. The number of aromatic nitrogens is 2. The standard InChI is InChI=1S/C20H19N3O4/c1-13(14-6-7-17-18(10-14)27-9-8-26-17)22-19(24)12-23-16-5-3-2-4-15(16)21-11-20(23)25/h2-7,10-11,13H,8-9,12H2,1H3,(H,22,24). The van der Waals surface area contributed by atoms with Crippen LogP contribution in [0.4, 0.5) is 0 Å². The molecule has 1 aromatic heterocycles. The Morgan fingerprint density at radius 1 is 1.19 bits per heavy atom. The maximum atomic E-state index is 12.5. The van der Waals surface area contributed by atoms with Crippen molar-refractivity contribution in [2.24, 2.45) is 0 Å². The van der Waals surface area contributed by atoms with Crippen LogP contribution >= 0.6 is 0 Å². The Bertz CT molecular complexity index is 1060. The molecule has 1 unspecified atom stereocenters. The van der Waals surface area contributed by atoms with E-state index in [1.807, 2.05) is 37.3 Å². The molecule has 2 aromatic carbocycles. The third kappa shape index (κ3) is 3.48. The highest BCUT2D eigenvalue weighted by molar-refractivity contribution is 5.80. The summed E-state index contributed by atoms with van der Waals surface area (Å²) in [4.78, 5) is 28.8. The van der Waals surface area contributed by atoms with E-state index in [0.29, 0.717) is 35.7 Å². The molecule has 1 aliphatic heterocycles. The van der Waals surface area contributed by atoms with Crippen LogP contribution in [0.5, 0.6) is 11.5 Å². The fraction of sp³-hybridized carbons (Fsp3) is 0.250. The Kier molecular flexibility index (Phi) is 4.50. The van der Waals surface area contributed by atoms with E-state index in [1.165, 1.54) is 10.8 Å². The topological polar surface area (TPSA) is 82.5 Å². The number of hydrogen-bond acceptors (Lipinski definition) is 5. The molecule has 0 bridgehead atoms. The molecule has 0 radical (unpaired) electrons. The number of carbonyl (C=O) groups is 1. The van der Waals surface area contributed by atoms with Crippen LogP contribution in [-0.4, -0.2) is 28.7 Å². The van der Waals surface area contributed by atoms with Crippen LogP contribution in [-0.2, 0) is 11.3 Å². The first kappa shape index (κ1) is 17.1. The van der Waals surface area contributed by atoms with E-state index in [2.05, 4.69) is 10.3 Å². The van der Waals surface area contributed by atoms with Gasteiger partial charge in [0.25, 0.3) is 5.56 Å². The summed E-state index contributed by atoms with van der Waals surface area (Å²) in [5, 5.41) is 2.93. The van der Waals surface area contributed by atoms with Crippen molar-refractivity contribution in [3.05, 3.63) is 64.6 Å². The van der Waals surface area contributed by atoms with E-state index in [0.717, 1.165) is 5.56 Å². The Morgan fingerprint density at radius 3 is 2.81 bits per heavy atom. The molecule has 2 heterocycles. The average molecular weight is 365 g/mol. The van der Waals surface area contributed by atoms with Crippen molar-refractivity contribution in [3.63, 3.8) is 0 Å². The molecule has 0 saturated carbocycles. The Labute approximate surface area is 155 Å². The number of carbonyl (C=O) groups excluding carboxylic acids is 1. The quantitative estimate of drug-likeness (QED) is 0.765. The van der Waals surface area contributed by atoms with Gasteiger partial charge in [-0.25, -0.2) is 4.98 Å². The molecule has 1 aliphatic rings. The van der Waals surface area contributed by atoms with Gasteiger partial charge < -0.3 is 14.8 Å². The van der Waals surface area contributed by atoms with Gasteiger partial charge in [-0.05, 0) is 36.8 Å². The highest BCUT2D eigenvalue weighted by Gasteiger charge is 2.16. The van der Waals surface area contributed by atoms with Crippen molar-refractivity contribution in [1.29, 1.82) is 0 Å². The summed E-state index contributed by atoms with van der Waals surface area (Å²) < 4.78 is 12.5. The molecule has 138 valence electrons. The fourth-order valence-electron chi connectivity index (χ4n) is 3.12. The lowest BCUT2D eigenvalue weighted by atomic mass is 10.1. The van der Waals surface area contributed by atoms with Gasteiger partial charge in [-0.3, -0.25) is 14.2 Å². The van der Waals surface area contributed by atoms with Crippen LogP contribution in [0.1, 0.15) is 18.5 Å². The molecule has 1 N–H and O–H groups in total. The molecule has 7 nitrogen and oxygen atoms in total. The Hall–Kier alpha value is -3.35. The van der Waals surface area contributed by atoms with Gasteiger partial charge >= 0.3 is 0 Å². The number of para-hydroxylation sites is 2. The molecule has 4 rings (SSSR count). The van der Waals surface area contributed by atoms with Crippen molar-refractivity contribution in [2.45, 2.75) is 19.5 Å². The predicted octanol–water partition coefficient (Wildman–Crippen LogP) is 2.05. The van der Waals surface area contributed by atoms with Gasteiger partial charge in [0.15, 0.2) is 11.5 Å². The minimum Gasteiger partial charge on any atom is -0.486 e. The van der Waals surface area contributed by atoms with Crippen molar-refractivity contribution >= 4 is 16.9 Å². The zero-order chi connectivity index (χ0) is 18.8. The second-order valence-electron chi connectivity index (χ2n) is 6.36. The molecule has 0 fully saturated rings. The number of ether oxygens (including phenoxy) is 2. The van der Waals surface area contributed by atoms with Gasteiger partial charge in [-0.2, -0.15) is 0 Å². The van der Waals surface area contributed by atoms with E-state index in [4.69, 9.17) is 9.47 Å². The third-order valence-corrected chi connectivity index (χ3v) is 4.50.